The molecule has 1 unspecified atom stereocenters. The molecule has 26 heavy (non-hydrogen) atoms. The van der Waals surface area contributed by atoms with E-state index in [1.54, 1.807) is 0 Å². The second-order valence-electron chi connectivity index (χ2n) is 7.24. The number of carboxylic acids is 1. The predicted octanol–water partition coefficient (Wildman–Crippen LogP) is 4.50. The third kappa shape index (κ3) is 3.68. The molecule has 3 rings (SSSR count). The van der Waals surface area contributed by atoms with Gasteiger partial charge in [-0.1, -0.05) is 67.9 Å². The molecule has 0 aromatic heterocycles. The number of benzene rings is 2. The second-order valence-corrected chi connectivity index (χ2v) is 7.24. The number of aliphatic carboxylic acids is 1. The van der Waals surface area contributed by atoms with Gasteiger partial charge in [0.25, 0.3) is 0 Å². The van der Waals surface area contributed by atoms with Gasteiger partial charge in [-0.2, -0.15) is 0 Å². The Hall–Kier alpha value is -2.13. The summed E-state index contributed by atoms with van der Waals surface area (Å²) in [7, 11) is 0. The number of carboxylic acid groups (broad SMARTS) is 1. The summed E-state index contributed by atoms with van der Waals surface area (Å²) in [6.45, 7) is 5.08. The largest absolute Gasteiger partial charge is 0.480 e. The third-order valence-corrected chi connectivity index (χ3v) is 5.74. The third-order valence-electron chi connectivity index (χ3n) is 5.74. The first-order valence-corrected chi connectivity index (χ1v) is 9.78. The summed E-state index contributed by atoms with van der Waals surface area (Å²) in [6.07, 6.45) is 5.16. The van der Waals surface area contributed by atoms with Gasteiger partial charge >= 0.3 is 5.97 Å². The number of aryl methyl sites for hydroxylation is 1. The maximum Gasteiger partial charge on any atom is 0.318 e. The highest BCUT2D eigenvalue weighted by Gasteiger charge is 2.43. The summed E-state index contributed by atoms with van der Waals surface area (Å²) >= 11 is 0. The molecular formula is C23H29NO2. The van der Waals surface area contributed by atoms with Crippen LogP contribution in [-0.4, -0.2) is 35.6 Å². The molecule has 1 fully saturated rings. The summed E-state index contributed by atoms with van der Waals surface area (Å²) in [5.74, 6) is -0.749. The standard InChI is InChI=1S/C23H29NO2/c1-2-19-11-7-8-14-21(19)23(22(25)26,20-12-5-3-6-13-20)15-18-24-16-9-4-10-17-24/h3,5-8,11-14H,2,4,9-10,15-18H2,1H3,(H,25,26). The number of nitrogens with zero attached hydrogens (tertiary/aromatic N) is 1. The van der Waals surface area contributed by atoms with Crippen LogP contribution in [0.2, 0.25) is 0 Å². The van der Waals surface area contributed by atoms with Gasteiger partial charge in [-0.05, 0) is 62.0 Å². The number of rotatable bonds is 7. The zero-order valence-electron chi connectivity index (χ0n) is 15.7. The fraction of sp³-hybridized carbons (Fsp3) is 0.435. The molecule has 3 nitrogen and oxygen atoms in total. The predicted molar refractivity (Wildman–Crippen MR) is 106 cm³/mol. The summed E-state index contributed by atoms with van der Waals surface area (Å²) in [4.78, 5) is 15.2. The molecule has 0 saturated carbocycles. The van der Waals surface area contributed by atoms with Crippen molar-refractivity contribution in [3.63, 3.8) is 0 Å². The number of hydrogen-bond acceptors (Lipinski definition) is 2. The van der Waals surface area contributed by atoms with Crippen molar-refractivity contribution in [2.24, 2.45) is 0 Å². The van der Waals surface area contributed by atoms with E-state index in [0.717, 1.165) is 42.7 Å². The lowest BCUT2D eigenvalue weighted by Gasteiger charge is -2.35. The van der Waals surface area contributed by atoms with Gasteiger partial charge < -0.3 is 10.0 Å². The van der Waals surface area contributed by atoms with Crippen LogP contribution in [0.1, 0.15) is 49.3 Å². The van der Waals surface area contributed by atoms with Crippen LogP contribution < -0.4 is 0 Å². The maximum absolute atomic E-state index is 12.7. The zero-order chi connectivity index (χ0) is 18.4. The maximum atomic E-state index is 12.7. The SMILES string of the molecule is CCc1ccccc1C(CCN1CCCCC1)(C(=O)O)c1ccccc1. The smallest absolute Gasteiger partial charge is 0.318 e. The van der Waals surface area contributed by atoms with Crippen molar-refractivity contribution >= 4 is 5.97 Å². The van der Waals surface area contributed by atoms with Gasteiger partial charge in [-0.15, -0.1) is 0 Å². The fourth-order valence-corrected chi connectivity index (χ4v) is 4.26. The first-order valence-electron chi connectivity index (χ1n) is 9.78. The Balaban J connectivity index is 2.05. The lowest BCUT2D eigenvalue weighted by molar-refractivity contribution is -0.142. The summed E-state index contributed by atoms with van der Waals surface area (Å²) in [5, 5.41) is 10.5. The Labute approximate surface area is 156 Å². The van der Waals surface area contributed by atoms with E-state index in [-0.39, 0.29) is 0 Å². The molecule has 1 N–H and O–H groups in total. The van der Waals surface area contributed by atoms with Crippen molar-refractivity contribution < 1.29 is 9.90 Å². The monoisotopic (exact) mass is 351 g/mol. The topological polar surface area (TPSA) is 40.5 Å². The molecule has 1 saturated heterocycles. The molecule has 0 aliphatic carbocycles. The van der Waals surface area contributed by atoms with Crippen LogP contribution in [-0.2, 0) is 16.6 Å². The van der Waals surface area contributed by atoms with E-state index in [0.29, 0.717) is 6.42 Å². The van der Waals surface area contributed by atoms with E-state index in [2.05, 4.69) is 17.9 Å². The van der Waals surface area contributed by atoms with Crippen LogP contribution in [0.5, 0.6) is 0 Å². The lowest BCUT2D eigenvalue weighted by Crippen LogP contribution is -2.42. The molecule has 0 radical (unpaired) electrons. The molecule has 1 aliphatic heterocycles. The second kappa shape index (κ2) is 8.50. The van der Waals surface area contributed by atoms with Crippen LogP contribution in [0.3, 0.4) is 0 Å². The minimum absolute atomic E-state index is 0.601. The zero-order valence-corrected chi connectivity index (χ0v) is 15.7. The molecule has 1 heterocycles. The van der Waals surface area contributed by atoms with Gasteiger partial charge in [0.1, 0.15) is 5.41 Å². The van der Waals surface area contributed by atoms with Crippen molar-refractivity contribution in [3.05, 3.63) is 71.3 Å². The first kappa shape index (κ1) is 18.7. The van der Waals surface area contributed by atoms with Crippen LogP contribution >= 0.6 is 0 Å². The molecule has 1 aliphatic rings. The number of hydrogen-bond donors (Lipinski definition) is 1. The van der Waals surface area contributed by atoms with Gasteiger partial charge in [0.05, 0.1) is 0 Å². The molecule has 2 aromatic carbocycles. The fourth-order valence-electron chi connectivity index (χ4n) is 4.26. The highest BCUT2D eigenvalue weighted by Crippen LogP contribution is 2.38. The Morgan fingerprint density at radius 1 is 1.00 bits per heavy atom. The van der Waals surface area contributed by atoms with Gasteiger partial charge in [-0.25, -0.2) is 0 Å². The van der Waals surface area contributed by atoms with E-state index < -0.39 is 11.4 Å². The van der Waals surface area contributed by atoms with Gasteiger partial charge in [0.15, 0.2) is 0 Å². The minimum Gasteiger partial charge on any atom is -0.480 e. The average molecular weight is 351 g/mol. The molecule has 138 valence electrons. The first-order chi connectivity index (χ1) is 12.7. The molecule has 3 heteroatoms. The van der Waals surface area contributed by atoms with E-state index in [9.17, 15) is 9.90 Å². The number of piperidine rings is 1. The Morgan fingerprint density at radius 2 is 1.65 bits per heavy atom. The van der Waals surface area contributed by atoms with Crippen molar-refractivity contribution in [1.82, 2.24) is 4.90 Å². The quantitative estimate of drug-likeness (QED) is 0.799. The van der Waals surface area contributed by atoms with Crippen molar-refractivity contribution in [2.45, 2.75) is 44.4 Å². The van der Waals surface area contributed by atoms with E-state index >= 15 is 0 Å². The average Bonchev–Trinajstić information content (AvgIpc) is 2.70. The Kier molecular flexibility index (Phi) is 6.10. The molecule has 0 bridgehead atoms. The summed E-state index contributed by atoms with van der Waals surface area (Å²) < 4.78 is 0. The molecule has 0 amide bonds. The summed E-state index contributed by atoms with van der Waals surface area (Å²) in [6, 6.07) is 17.8. The summed E-state index contributed by atoms with van der Waals surface area (Å²) in [5.41, 5.74) is 1.95. The van der Waals surface area contributed by atoms with Crippen LogP contribution in [0.15, 0.2) is 54.6 Å². The van der Waals surface area contributed by atoms with Crippen molar-refractivity contribution in [1.29, 1.82) is 0 Å². The molecule has 1 atom stereocenters. The van der Waals surface area contributed by atoms with Crippen LogP contribution in [0.4, 0.5) is 0 Å². The molecular weight excluding hydrogens is 322 g/mol. The normalized spacial score (nSPS) is 17.6. The Bertz CT molecular complexity index is 722. The number of carbonyl (C=O) groups is 1. The molecule has 0 spiro atoms. The van der Waals surface area contributed by atoms with E-state index in [1.165, 1.54) is 19.3 Å². The minimum atomic E-state index is -0.995. The van der Waals surface area contributed by atoms with Crippen molar-refractivity contribution in [2.75, 3.05) is 19.6 Å². The highest BCUT2D eigenvalue weighted by atomic mass is 16.4. The van der Waals surface area contributed by atoms with Crippen LogP contribution in [0.25, 0.3) is 0 Å². The van der Waals surface area contributed by atoms with Crippen LogP contribution in [0, 0.1) is 0 Å². The van der Waals surface area contributed by atoms with Gasteiger partial charge in [0, 0.05) is 0 Å². The van der Waals surface area contributed by atoms with Crippen molar-refractivity contribution in [3.8, 4) is 0 Å². The lowest BCUT2D eigenvalue weighted by atomic mass is 9.70. The van der Waals surface area contributed by atoms with E-state index in [4.69, 9.17) is 0 Å². The molecule has 2 aromatic rings. The van der Waals surface area contributed by atoms with Gasteiger partial charge in [-0.3, -0.25) is 4.79 Å². The van der Waals surface area contributed by atoms with E-state index in [1.807, 2.05) is 48.5 Å². The number of likely N-dealkylation sites (tertiary alicyclic amines) is 1. The van der Waals surface area contributed by atoms with Gasteiger partial charge in [0.2, 0.25) is 0 Å². The Morgan fingerprint density at radius 3 is 2.31 bits per heavy atom. The highest BCUT2D eigenvalue weighted by molar-refractivity contribution is 5.86.